The maximum Gasteiger partial charge on any atom is 0.229 e. The first-order valence-electron chi connectivity index (χ1n) is 9.28. The van der Waals surface area contributed by atoms with Gasteiger partial charge in [0.1, 0.15) is 0 Å². The zero-order valence-electron chi connectivity index (χ0n) is 14.3. The van der Waals surface area contributed by atoms with Crippen molar-refractivity contribution in [2.24, 2.45) is 5.92 Å². The second-order valence-electron chi connectivity index (χ2n) is 7.65. The van der Waals surface area contributed by atoms with Crippen LogP contribution in [-0.2, 0) is 21.4 Å². The van der Waals surface area contributed by atoms with Crippen LogP contribution in [0.3, 0.4) is 0 Å². The summed E-state index contributed by atoms with van der Waals surface area (Å²) < 4.78 is 5.41. The lowest BCUT2D eigenvalue weighted by Gasteiger charge is -2.20. The summed E-state index contributed by atoms with van der Waals surface area (Å²) in [5.74, 6) is 1.31. The van der Waals surface area contributed by atoms with Crippen LogP contribution in [0.25, 0.3) is 0 Å². The summed E-state index contributed by atoms with van der Waals surface area (Å²) in [5, 5.41) is 10.4. The molecule has 2 N–H and O–H groups in total. The molecule has 2 aromatic rings. The number of aromatic amines is 1. The lowest BCUT2D eigenvalue weighted by atomic mass is 9.95. The smallest absolute Gasteiger partial charge is 0.229 e. The molecule has 1 spiro atoms. The van der Waals surface area contributed by atoms with E-state index in [1.807, 2.05) is 6.07 Å². The van der Waals surface area contributed by atoms with Gasteiger partial charge in [0.15, 0.2) is 5.82 Å². The van der Waals surface area contributed by atoms with Crippen molar-refractivity contribution in [1.29, 1.82) is 0 Å². The van der Waals surface area contributed by atoms with Gasteiger partial charge in [-0.1, -0.05) is 24.3 Å². The first kappa shape index (κ1) is 15.1. The van der Waals surface area contributed by atoms with Crippen molar-refractivity contribution < 1.29 is 9.53 Å². The lowest BCUT2D eigenvalue weighted by Crippen LogP contribution is -2.20. The van der Waals surface area contributed by atoms with Crippen molar-refractivity contribution in [3.63, 3.8) is 0 Å². The first-order chi connectivity index (χ1) is 12.3. The number of ether oxygens (including phenoxy) is 1. The quantitative estimate of drug-likeness (QED) is 0.904. The van der Waals surface area contributed by atoms with Crippen LogP contribution in [0.2, 0.25) is 0 Å². The summed E-state index contributed by atoms with van der Waals surface area (Å²) in [4.78, 5) is 12.7. The van der Waals surface area contributed by atoms with Crippen LogP contribution >= 0.6 is 0 Å². The van der Waals surface area contributed by atoms with E-state index in [1.54, 1.807) is 0 Å². The minimum Gasteiger partial charge on any atom is -0.381 e. The fourth-order valence-corrected chi connectivity index (χ4v) is 4.77. The Kier molecular flexibility index (Phi) is 3.45. The predicted octanol–water partition coefficient (Wildman–Crippen LogP) is 3.15. The third kappa shape index (κ3) is 2.49. The number of H-pyrrole nitrogens is 1. The van der Waals surface area contributed by atoms with Crippen molar-refractivity contribution in [2.45, 2.75) is 43.4 Å². The molecule has 2 heterocycles. The van der Waals surface area contributed by atoms with Gasteiger partial charge in [0.25, 0.3) is 0 Å². The molecule has 5 heteroatoms. The van der Waals surface area contributed by atoms with Crippen molar-refractivity contribution >= 4 is 11.7 Å². The monoisotopic (exact) mass is 337 g/mol. The number of rotatable bonds is 3. The highest BCUT2D eigenvalue weighted by Crippen LogP contribution is 2.61. The topological polar surface area (TPSA) is 67.0 Å². The Bertz CT molecular complexity index is 809. The fourth-order valence-electron chi connectivity index (χ4n) is 4.77. The van der Waals surface area contributed by atoms with Gasteiger partial charge in [-0.05, 0) is 43.2 Å². The number of aryl methyl sites for hydroxylation is 1. The Balaban J connectivity index is 1.27. The number of hydrogen-bond acceptors (Lipinski definition) is 3. The Morgan fingerprint density at radius 3 is 3.00 bits per heavy atom. The SMILES string of the molecule is O=C(Nc1cc(C2CCOCC2)[nH]n1)C1CC12CCc1ccccc12. The number of anilines is 1. The number of aromatic nitrogens is 2. The van der Waals surface area contributed by atoms with Crippen LogP contribution in [0.15, 0.2) is 30.3 Å². The fraction of sp³-hybridized carbons (Fsp3) is 0.500. The van der Waals surface area contributed by atoms with Gasteiger partial charge < -0.3 is 10.1 Å². The van der Waals surface area contributed by atoms with Gasteiger partial charge in [-0.15, -0.1) is 0 Å². The molecule has 3 aliphatic rings. The summed E-state index contributed by atoms with van der Waals surface area (Å²) in [6.45, 7) is 1.60. The Hall–Kier alpha value is -2.14. The van der Waals surface area contributed by atoms with E-state index in [0.29, 0.717) is 11.7 Å². The second-order valence-corrected chi connectivity index (χ2v) is 7.65. The summed E-state index contributed by atoms with van der Waals surface area (Å²) in [6, 6.07) is 10.6. The maximum absolute atomic E-state index is 12.7. The van der Waals surface area contributed by atoms with Crippen LogP contribution in [-0.4, -0.2) is 29.3 Å². The molecule has 1 aliphatic heterocycles. The summed E-state index contributed by atoms with van der Waals surface area (Å²) >= 11 is 0. The first-order valence-corrected chi connectivity index (χ1v) is 9.28. The number of nitrogens with zero attached hydrogens (tertiary/aromatic N) is 1. The molecule has 2 fully saturated rings. The van der Waals surface area contributed by atoms with Crippen LogP contribution in [0.4, 0.5) is 5.82 Å². The third-order valence-electron chi connectivity index (χ3n) is 6.30. The van der Waals surface area contributed by atoms with E-state index in [2.05, 4.69) is 39.8 Å². The molecule has 25 heavy (non-hydrogen) atoms. The van der Waals surface area contributed by atoms with E-state index >= 15 is 0 Å². The molecular weight excluding hydrogens is 314 g/mol. The molecule has 2 aliphatic carbocycles. The minimum absolute atomic E-state index is 0.0828. The van der Waals surface area contributed by atoms with Crippen molar-refractivity contribution in [2.75, 3.05) is 18.5 Å². The molecule has 2 atom stereocenters. The second kappa shape index (κ2) is 5.70. The van der Waals surface area contributed by atoms with E-state index in [0.717, 1.165) is 51.0 Å². The number of carbonyl (C=O) groups is 1. The number of carbonyl (C=O) groups excluding carboxylic acids is 1. The zero-order chi connectivity index (χ0) is 16.9. The van der Waals surface area contributed by atoms with E-state index in [1.165, 1.54) is 11.1 Å². The summed E-state index contributed by atoms with van der Waals surface area (Å²) in [5.41, 5.74) is 4.00. The predicted molar refractivity (Wildman–Crippen MR) is 94.6 cm³/mol. The Labute approximate surface area is 147 Å². The molecule has 1 saturated heterocycles. The maximum atomic E-state index is 12.7. The molecule has 1 aromatic carbocycles. The van der Waals surface area contributed by atoms with Crippen molar-refractivity contribution in [3.05, 3.63) is 47.2 Å². The van der Waals surface area contributed by atoms with Crippen LogP contribution < -0.4 is 5.32 Å². The Morgan fingerprint density at radius 2 is 2.12 bits per heavy atom. The number of nitrogens with one attached hydrogen (secondary N) is 2. The van der Waals surface area contributed by atoms with Gasteiger partial charge in [-0.2, -0.15) is 5.10 Å². The minimum atomic E-state index is 0.0828. The van der Waals surface area contributed by atoms with Crippen LogP contribution in [0.5, 0.6) is 0 Å². The molecule has 1 amide bonds. The lowest BCUT2D eigenvalue weighted by molar-refractivity contribution is -0.117. The standard InChI is InChI=1S/C20H23N3O2/c24-19(16-12-20(16)8-5-13-3-1-2-4-15(13)20)21-18-11-17(22-23-18)14-6-9-25-10-7-14/h1-4,11,14,16H,5-10,12H2,(H2,21,22,23,24). The van der Waals surface area contributed by atoms with E-state index in [-0.39, 0.29) is 17.2 Å². The normalized spacial score (nSPS) is 28.1. The van der Waals surface area contributed by atoms with Crippen LogP contribution in [0, 0.1) is 5.92 Å². The summed E-state index contributed by atoms with van der Waals surface area (Å²) in [6.07, 6.45) is 5.18. The highest BCUT2D eigenvalue weighted by molar-refractivity contribution is 5.95. The highest BCUT2D eigenvalue weighted by Gasteiger charge is 2.61. The average Bonchev–Trinajstić information content (AvgIpc) is 3.01. The Morgan fingerprint density at radius 1 is 1.28 bits per heavy atom. The zero-order valence-corrected chi connectivity index (χ0v) is 14.3. The van der Waals surface area contributed by atoms with Gasteiger partial charge >= 0.3 is 0 Å². The third-order valence-corrected chi connectivity index (χ3v) is 6.30. The van der Waals surface area contributed by atoms with Crippen LogP contribution in [0.1, 0.15) is 48.4 Å². The molecule has 5 rings (SSSR count). The molecule has 1 saturated carbocycles. The molecule has 0 bridgehead atoms. The van der Waals surface area contributed by atoms with Gasteiger partial charge in [0.05, 0.1) is 0 Å². The van der Waals surface area contributed by atoms with Gasteiger partial charge in [-0.25, -0.2) is 0 Å². The highest BCUT2D eigenvalue weighted by atomic mass is 16.5. The van der Waals surface area contributed by atoms with E-state index in [9.17, 15) is 4.79 Å². The molecular formula is C20H23N3O2. The van der Waals surface area contributed by atoms with Gasteiger partial charge in [0, 0.05) is 42.2 Å². The number of benzene rings is 1. The van der Waals surface area contributed by atoms with Crippen molar-refractivity contribution in [3.8, 4) is 0 Å². The molecule has 2 unspecified atom stereocenters. The largest absolute Gasteiger partial charge is 0.381 e. The van der Waals surface area contributed by atoms with E-state index in [4.69, 9.17) is 4.74 Å². The number of amides is 1. The molecule has 1 aromatic heterocycles. The summed E-state index contributed by atoms with van der Waals surface area (Å²) in [7, 11) is 0. The van der Waals surface area contributed by atoms with E-state index < -0.39 is 0 Å². The van der Waals surface area contributed by atoms with Gasteiger partial charge in [0.2, 0.25) is 5.91 Å². The van der Waals surface area contributed by atoms with Gasteiger partial charge in [-0.3, -0.25) is 9.89 Å². The number of fused-ring (bicyclic) bond motifs is 2. The van der Waals surface area contributed by atoms with Crippen molar-refractivity contribution in [1.82, 2.24) is 10.2 Å². The molecule has 130 valence electrons. The average molecular weight is 337 g/mol. The molecule has 5 nitrogen and oxygen atoms in total. The number of hydrogen-bond donors (Lipinski definition) is 2. The molecule has 0 radical (unpaired) electrons.